The minimum atomic E-state index is -1.15. The molecule has 1 aromatic rings. The van der Waals surface area contributed by atoms with Crippen LogP contribution in [0.2, 0.25) is 0 Å². The number of carbonyl (C=O) groups excluding carboxylic acids is 2. The van der Waals surface area contributed by atoms with Gasteiger partial charge in [-0.05, 0) is 64.0 Å². The maximum atomic E-state index is 13.2. The summed E-state index contributed by atoms with van der Waals surface area (Å²) in [4.78, 5) is 30.6. The minimum absolute atomic E-state index is 0.0312. The second-order valence-electron chi connectivity index (χ2n) is 10.5. The number of aliphatic hydroxyl groups is 2. The third kappa shape index (κ3) is 7.59. The maximum Gasteiger partial charge on any atom is 0.223 e. The number of allylic oxidation sites excluding steroid dienone is 1. The van der Waals surface area contributed by atoms with Crippen molar-refractivity contribution in [2.24, 2.45) is 17.3 Å². The van der Waals surface area contributed by atoms with Gasteiger partial charge in [-0.25, -0.2) is 4.98 Å². The molecule has 0 bridgehead atoms. The molecule has 1 aliphatic heterocycles. The topological polar surface area (TPSA) is 99.5 Å². The van der Waals surface area contributed by atoms with Gasteiger partial charge in [-0.2, -0.15) is 0 Å². The molecule has 0 fully saturated rings. The zero-order chi connectivity index (χ0) is 25.6. The van der Waals surface area contributed by atoms with E-state index in [-0.39, 0.29) is 30.1 Å². The molecule has 1 amide bonds. The first-order chi connectivity index (χ1) is 15.8. The predicted octanol–water partition coefficient (Wildman–Crippen LogP) is 4.84. The Bertz CT molecular complexity index is 917. The van der Waals surface area contributed by atoms with Gasteiger partial charge in [0.25, 0.3) is 0 Å². The van der Waals surface area contributed by atoms with Gasteiger partial charge in [0.15, 0.2) is 0 Å². The van der Waals surface area contributed by atoms with Crippen molar-refractivity contribution in [2.75, 3.05) is 0 Å². The Morgan fingerprint density at radius 2 is 1.88 bits per heavy atom. The zero-order valence-electron chi connectivity index (χ0n) is 21.7. The first-order valence-electron chi connectivity index (χ1n) is 12.3. The fourth-order valence-corrected chi connectivity index (χ4v) is 5.12. The zero-order valence-corrected chi connectivity index (χ0v) is 22.5. The number of aliphatic hydroxyl groups excluding tert-OH is 2. The lowest BCUT2D eigenvalue weighted by Gasteiger charge is -2.34. The molecule has 0 saturated heterocycles. The van der Waals surface area contributed by atoms with Crippen LogP contribution in [0.15, 0.2) is 22.6 Å². The van der Waals surface area contributed by atoms with E-state index in [1.165, 1.54) is 5.57 Å². The van der Waals surface area contributed by atoms with Crippen LogP contribution in [-0.4, -0.2) is 45.1 Å². The third-order valence-corrected chi connectivity index (χ3v) is 7.93. The van der Waals surface area contributed by atoms with Crippen LogP contribution < -0.4 is 5.32 Å². The highest BCUT2D eigenvalue weighted by molar-refractivity contribution is 7.09. The Kier molecular flexibility index (Phi) is 10.2. The number of rotatable bonds is 2. The van der Waals surface area contributed by atoms with Gasteiger partial charge < -0.3 is 15.5 Å². The first kappa shape index (κ1) is 28.4. The van der Waals surface area contributed by atoms with Gasteiger partial charge in [-0.15, -0.1) is 11.3 Å². The maximum absolute atomic E-state index is 13.2. The summed E-state index contributed by atoms with van der Waals surface area (Å²) in [5.41, 5.74) is 1.89. The van der Waals surface area contributed by atoms with Crippen LogP contribution in [0.3, 0.4) is 0 Å². The quantitative estimate of drug-likeness (QED) is 0.515. The highest BCUT2D eigenvalue weighted by Crippen LogP contribution is 2.32. The number of hydrogen-bond donors (Lipinski definition) is 3. The molecule has 190 valence electrons. The highest BCUT2D eigenvalue weighted by atomic mass is 32.1. The third-order valence-electron chi connectivity index (χ3n) is 7.14. The lowest BCUT2D eigenvalue weighted by Crippen LogP contribution is -2.47. The van der Waals surface area contributed by atoms with Crippen molar-refractivity contribution < 1.29 is 19.8 Å². The molecule has 0 aliphatic carbocycles. The summed E-state index contributed by atoms with van der Waals surface area (Å²) in [6.45, 7) is 13.0. The van der Waals surface area contributed by atoms with Crippen molar-refractivity contribution in [3.63, 3.8) is 0 Å². The normalized spacial score (nSPS) is 32.1. The van der Waals surface area contributed by atoms with Crippen LogP contribution in [0.1, 0.15) is 84.3 Å². The Labute approximate surface area is 208 Å². The number of nitrogens with one attached hydrogen (secondary N) is 1. The molecule has 5 atom stereocenters. The fraction of sp³-hybridized carbons (Fsp3) is 0.667. The predicted molar refractivity (Wildman–Crippen MR) is 138 cm³/mol. The summed E-state index contributed by atoms with van der Waals surface area (Å²) in [7, 11) is 0. The van der Waals surface area contributed by atoms with E-state index in [1.54, 1.807) is 32.1 Å². The first-order valence-corrected chi connectivity index (χ1v) is 13.2. The molecule has 1 aliphatic rings. The van der Waals surface area contributed by atoms with Crippen LogP contribution in [-0.2, 0) is 9.59 Å². The lowest BCUT2D eigenvalue weighted by molar-refractivity contribution is -0.143. The van der Waals surface area contributed by atoms with Crippen LogP contribution in [0.5, 0.6) is 0 Å². The molecule has 0 radical (unpaired) electrons. The molecule has 3 N–H and O–H groups in total. The Hall–Kier alpha value is -1.83. The average molecular weight is 491 g/mol. The molecular weight excluding hydrogens is 448 g/mol. The van der Waals surface area contributed by atoms with Gasteiger partial charge in [-0.3, -0.25) is 9.59 Å². The second-order valence-corrected chi connectivity index (χ2v) is 11.6. The summed E-state index contributed by atoms with van der Waals surface area (Å²) < 4.78 is 0. The summed E-state index contributed by atoms with van der Waals surface area (Å²) in [5, 5.41) is 27.7. The Balaban J connectivity index is 2.33. The van der Waals surface area contributed by atoms with E-state index in [1.807, 2.05) is 32.2 Å². The molecule has 2 rings (SSSR count). The second kappa shape index (κ2) is 12.2. The van der Waals surface area contributed by atoms with E-state index in [0.717, 1.165) is 35.5 Å². The number of aryl methyl sites for hydroxylation is 1. The number of Topliss-reactive ketones (excluding diaryl/α,β-unsaturated/α-hetero) is 1. The fourth-order valence-electron chi connectivity index (χ4n) is 4.55. The van der Waals surface area contributed by atoms with Crippen LogP contribution in [0, 0.1) is 24.2 Å². The molecule has 2 heterocycles. The largest absolute Gasteiger partial charge is 0.392 e. The van der Waals surface area contributed by atoms with Crippen molar-refractivity contribution in [1.29, 1.82) is 0 Å². The molecule has 34 heavy (non-hydrogen) atoms. The number of ketones is 1. The smallest absolute Gasteiger partial charge is 0.223 e. The van der Waals surface area contributed by atoms with Gasteiger partial charge in [0.05, 0.1) is 40.8 Å². The number of carbonyl (C=O) groups is 2. The van der Waals surface area contributed by atoms with Crippen molar-refractivity contribution in [1.82, 2.24) is 10.3 Å². The SMILES string of the molecule is C/C1=C/CCC[C@H](C)[C@@H](O)[C@H](C)C(=O)C(C)(C)[C@@H](O)CC(=O)N[C@H](/C(C)=C/c2csc(C)n2)C1. The van der Waals surface area contributed by atoms with E-state index in [2.05, 4.69) is 23.3 Å². The minimum Gasteiger partial charge on any atom is -0.392 e. The molecule has 1 aromatic heterocycles. The number of aromatic nitrogens is 1. The number of nitrogens with zero attached hydrogens (tertiary/aromatic N) is 1. The Morgan fingerprint density at radius 3 is 2.50 bits per heavy atom. The van der Waals surface area contributed by atoms with E-state index in [4.69, 9.17) is 0 Å². The van der Waals surface area contributed by atoms with Crippen molar-refractivity contribution in [2.45, 2.75) is 98.8 Å². The molecular formula is C27H42N2O4S. The van der Waals surface area contributed by atoms with E-state index >= 15 is 0 Å². The lowest BCUT2D eigenvalue weighted by atomic mass is 9.73. The number of amides is 1. The van der Waals surface area contributed by atoms with Crippen molar-refractivity contribution in [3.05, 3.63) is 33.3 Å². The summed E-state index contributed by atoms with van der Waals surface area (Å²) in [6, 6.07) is -0.232. The van der Waals surface area contributed by atoms with E-state index in [9.17, 15) is 19.8 Å². The van der Waals surface area contributed by atoms with Gasteiger partial charge in [-0.1, -0.05) is 39.3 Å². The van der Waals surface area contributed by atoms with Crippen molar-refractivity contribution in [3.8, 4) is 0 Å². The number of thiazole rings is 1. The van der Waals surface area contributed by atoms with Crippen LogP contribution >= 0.6 is 11.3 Å². The molecule has 0 spiro atoms. The van der Waals surface area contributed by atoms with Crippen molar-refractivity contribution >= 4 is 29.1 Å². The summed E-state index contributed by atoms with van der Waals surface area (Å²) >= 11 is 1.58. The monoisotopic (exact) mass is 490 g/mol. The van der Waals surface area contributed by atoms with Crippen LogP contribution in [0.4, 0.5) is 0 Å². The molecule has 0 saturated carbocycles. The molecule has 0 unspecified atom stereocenters. The standard InChI is InChI=1S/C27H42N2O4S/c1-16-10-8-9-11-17(2)25(32)19(4)26(33)27(6,7)23(30)14-24(31)29-22(12-16)18(3)13-21-15-34-20(5)28-21/h10,13,15,17,19,22-23,25,30,32H,8-9,11-12,14H2,1-7H3,(H,29,31)/b16-10-,18-13+/t17-,19-,22-,23-,25+/m0/s1. The van der Waals surface area contributed by atoms with Gasteiger partial charge in [0, 0.05) is 11.3 Å². The van der Waals surface area contributed by atoms with Gasteiger partial charge >= 0.3 is 0 Å². The molecule has 0 aromatic carbocycles. The van der Waals surface area contributed by atoms with Gasteiger partial charge in [0.1, 0.15) is 5.78 Å². The summed E-state index contributed by atoms with van der Waals surface area (Å²) in [6.07, 6.45) is 5.33. The molecule has 6 nitrogen and oxygen atoms in total. The molecule has 7 heteroatoms. The van der Waals surface area contributed by atoms with E-state index < -0.39 is 23.5 Å². The van der Waals surface area contributed by atoms with Crippen LogP contribution in [0.25, 0.3) is 6.08 Å². The summed E-state index contributed by atoms with van der Waals surface area (Å²) in [5.74, 6) is -1.17. The average Bonchev–Trinajstić information content (AvgIpc) is 3.17. The van der Waals surface area contributed by atoms with Gasteiger partial charge in [0.2, 0.25) is 5.91 Å². The van der Waals surface area contributed by atoms with E-state index in [0.29, 0.717) is 6.42 Å². The highest BCUT2D eigenvalue weighted by Gasteiger charge is 2.42. The number of hydrogen-bond acceptors (Lipinski definition) is 6. The Morgan fingerprint density at radius 1 is 1.21 bits per heavy atom.